The third-order valence-electron chi connectivity index (χ3n) is 4.76. The number of Topliss-reactive ketones (excluding diaryl/α,β-unsaturated/α-hetero) is 1. The first-order chi connectivity index (χ1) is 12.4. The Morgan fingerprint density at radius 3 is 2.58 bits per heavy atom. The van der Waals surface area contributed by atoms with Crippen molar-refractivity contribution in [3.63, 3.8) is 0 Å². The Bertz CT molecular complexity index is 1030. The Balaban J connectivity index is 1.85. The lowest BCUT2D eigenvalue weighted by Gasteiger charge is -2.15. The Kier molecular flexibility index (Phi) is 4.77. The summed E-state index contributed by atoms with van der Waals surface area (Å²) in [6.07, 6.45) is 0. The fourth-order valence-corrected chi connectivity index (χ4v) is 3.07. The molecule has 1 atom stereocenters. The van der Waals surface area contributed by atoms with Gasteiger partial charge in [-0.15, -0.1) is 0 Å². The summed E-state index contributed by atoms with van der Waals surface area (Å²) in [5, 5.41) is 9.57. The number of nitriles is 1. The van der Waals surface area contributed by atoms with Crippen LogP contribution in [0.5, 0.6) is 5.75 Å². The zero-order valence-corrected chi connectivity index (χ0v) is 15.4. The van der Waals surface area contributed by atoms with Crippen molar-refractivity contribution in [2.75, 3.05) is 6.61 Å². The van der Waals surface area contributed by atoms with Gasteiger partial charge in [-0.1, -0.05) is 24.3 Å². The molecule has 26 heavy (non-hydrogen) atoms. The number of ether oxygens (including phenoxy) is 1. The van der Waals surface area contributed by atoms with Gasteiger partial charge in [0, 0.05) is 7.05 Å². The molecule has 0 bridgehead atoms. The van der Waals surface area contributed by atoms with Crippen molar-refractivity contribution >= 4 is 16.8 Å². The third kappa shape index (κ3) is 3.06. The molecule has 0 spiro atoms. The number of hydrogen-bond acceptors (Lipinski definition) is 4. The molecule has 1 heterocycles. The van der Waals surface area contributed by atoms with E-state index in [1.165, 1.54) is 0 Å². The molecular weight excluding hydrogens is 326 g/mol. The van der Waals surface area contributed by atoms with E-state index in [0.29, 0.717) is 11.6 Å². The Hall–Kier alpha value is -3.13. The molecule has 3 rings (SSSR count). The van der Waals surface area contributed by atoms with Gasteiger partial charge in [0.25, 0.3) is 0 Å². The van der Waals surface area contributed by atoms with Crippen molar-refractivity contribution in [3.05, 3.63) is 58.9 Å². The van der Waals surface area contributed by atoms with E-state index in [4.69, 9.17) is 4.74 Å². The molecular formula is C21H21N3O2. The number of hydrogen-bond donors (Lipinski definition) is 0. The molecule has 2 aromatic carbocycles. The molecule has 5 nitrogen and oxygen atoms in total. The van der Waals surface area contributed by atoms with Gasteiger partial charge < -0.3 is 9.30 Å². The number of aromatic nitrogens is 2. The quantitative estimate of drug-likeness (QED) is 0.705. The molecule has 0 aliphatic rings. The van der Waals surface area contributed by atoms with Crippen molar-refractivity contribution in [2.24, 2.45) is 7.05 Å². The number of imidazole rings is 1. The van der Waals surface area contributed by atoms with Crippen LogP contribution in [-0.2, 0) is 11.8 Å². The van der Waals surface area contributed by atoms with E-state index in [9.17, 15) is 10.1 Å². The van der Waals surface area contributed by atoms with E-state index >= 15 is 0 Å². The van der Waals surface area contributed by atoms with Gasteiger partial charge in [-0.2, -0.15) is 5.26 Å². The molecule has 0 N–H and O–H groups in total. The van der Waals surface area contributed by atoms with Gasteiger partial charge in [-0.25, -0.2) is 4.98 Å². The molecule has 0 aliphatic heterocycles. The fraction of sp³-hybridized carbons (Fsp3) is 0.286. The summed E-state index contributed by atoms with van der Waals surface area (Å²) in [5.41, 5.74) is 4.74. The van der Waals surface area contributed by atoms with Gasteiger partial charge in [0.1, 0.15) is 18.2 Å². The highest BCUT2D eigenvalue weighted by Crippen LogP contribution is 2.27. The highest BCUT2D eigenvalue weighted by atomic mass is 16.5. The predicted octanol–water partition coefficient (Wildman–Crippen LogP) is 3.75. The average molecular weight is 347 g/mol. The van der Waals surface area contributed by atoms with Crippen molar-refractivity contribution in [2.45, 2.75) is 26.7 Å². The zero-order chi connectivity index (χ0) is 18.8. The van der Waals surface area contributed by atoms with Crippen molar-refractivity contribution in [3.8, 4) is 11.8 Å². The van der Waals surface area contributed by atoms with Crippen molar-refractivity contribution in [1.29, 1.82) is 5.26 Å². The molecule has 1 aromatic heterocycles. The largest absolute Gasteiger partial charge is 0.485 e. The topological polar surface area (TPSA) is 67.9 Å². The summed E-state index contributed by atoms with van der Waals surface area (Å²) in [7, 11) is 1.82. The third-order valence-corrected chi connectivity index (χ3v) is 4.76. The number of carbonyl (C=O) groups excluding carboxylic acids is 1. The molecule has 0 radical (unpaired) electrons. The Labute approximate surface area is 152 Å². The van der Waals surface area contributed by atoms with Crippen LogP contribution < -0.4 is 4.74 Å². The van der Waals surface area contributed by atoms with Crippen LogP contribution in [0, 0.1) is 32.1 Å². The zero-order valence-electron chi connectivity index (χ0n) is 15.4. The smallest absolute Gasteiger partial charge is 0.194 e. The number of benzene rings is 2. The first-order valence-electron chi connectivity index (χ1n) is 8.47. The SMILES string of the molecule is Cc1ccc(C)c(OCC(=O)C(C#N)c2nc3ccccc3n2C)c1C. The first-order valence-corrected chi connectivity index (χ1v) is 8.47. The molecule has 0 saturated heterocycles. The van der Waals surface area contributed by atoms with Gasteiger partial charge in [0.05, 0.1) is 17.1 Å². The summed E-state index contributed by atoms with van der Waals surface area (Å²) < 4.78 is 7.59. The molecule has 3 aromatic rings. The lowest BCUT2D eigenvalue weighted by atomic mass is 10.0. The molecule has 0 aliphatic carbocycles. The van der Waals surface area contributed by atoms with E-state index in [1.807, 2.05) is 64.2 Å². The monoisotopic (exact) mass is 347 g/mol. The summed E-state index contributed by atoms with van der Waals surface area (Å²) in [6, 6.07) is 13.7. The normalized spacial score (nSPS) is 12.0. The second-order valence-corrected chi connectivity index (χ2v) is 6.49. The van der Waals surface area contributed by atoms with Crippen LogP contribution >= 0.6 is 0 Å². The standard InChI is InChI=1S/C21H21N3O2/c1-13-9-10-14(2)20(15(13)3)26-12-19(25)16(11-22)21-23-17-7-5-6-8-18(17)24(21)4/h5-10,16H,12H2,1-4H3. The maximum atomic E-state index is 12.7. The van der Waals surface area contributed by atoms with Gasteiger partial charge in [0.2, 0.25) is 0 Å². The lowest BCUT2D eigenvalue weighted by molar-refractivity contribution is -0.121. The molecule has 132 valence electrons. The summed E-state index contributed by atoms with van der Waals surface area (Å²) in [6.45, 7) is 5.75. The minimum absolute atomic E-state index is 0.160. The van der Waals surface area contributed by atoms with E-state index < -0.39 is 5.92 Å². The highest BCUT2D eigenvalue weighted by molar-refractivity contribution is 5.90. The summed E-state index contributed by atoms with van der Waals surface area (Å²) in [5.74, 6) is -0.107. The highest BCUT2D eigenvalue weighted by Gasteiger charge is 2.26. The maximum absolute atomic E-state index is 12.7. The van der Waals surface area contributed by atoms with E-state index in [1.54, 1.807) is 4.57 Å². The van der Waals surface area contributed by atoms with Crippen LogP contribution in [0.4, 0.5) is 0 Å². The molecule has 5 heteroatoms. The minimum Gasteiger partial charge on any atom is -0.485 e. The Morgan fingerprint density at radius 2 is 1.88 bits per heavy atom. The fourth-order valence-electron chi connectivity index (χ4n) is 3.07. The van der Waals surface area contributed by atoms with Crippen LogP contribution in [0.15, 0.2) is 36.4 Å². The van der Waals surface area contributed by atoms with Crippen LogP contribution in [0.2, 0.25) is 0 Å². The second kappa shape index (κ2) is 7.01. The van der Waals surface area contributed by atoms with Gasteiger partial charge in [-0.3, -0.25) is 4.79 Å². The average Bonchev–Trinajstić information content (AvgIpc) is 2.96. The van der Waals surface area contributed by atoms with Crippen molar-refractivity contribution in [1.82, 2.24) is 9.55 Å². The molecule has 0 fully saturated rings. The lowest BCUT2D eigenvalue weighted by Crippen LogP contribution is -2.22. The number of nitrogens with zero attached hydrogens (tertiary/aromatic N) is 3. The van der Waals surface area contributed by atoms with Crippen molar-refractivity contribution < 1.29 is 9.53 Å². The van der Waals surface area contributed by atoms with E-state index in [-0.39, 0.29) is 12.4 Å². The number of para-hydroxylation sites is 2. The number of aryl methyl sites for hydroxylation is 3. The Morgan fingerprint density at radius 1 is 1.19 bits per heavy atom. The first kappa shape index (κ1) is 17.7. The minimum atomic E-state index is -0.960. The summed E-state index contributed by atoms with van der Waals surface area (Å²) in [4.78, 5) is 17.2. The second-order valence-electron chi connectivity index (χ2n) is 6.49. The van der Waals surface area contributed by atoms with Gasteiger partial charge in [-0.05, 0) is 49.6 Å². The molecule has 0 saturated carbocycles. The van der Waals surface area contributed by atoms with Gasteiger partial charge in [0.15, 0.2) is 11.7 Å². The number of fused-ring (bicyclic) bond motifs is 1. The van der Waals surface area contributed by atoms with Gasteiger partial charge >= 0.3 is 0 Å². The van der Waals surface area contributed by atoms with E-state index in [0.717, 1.165) is 27.7 Å². The summed E-state index contributed by atoms with van der Waals surface area (Å²) >= 11 is 0. The van der Waals surface area contributed by atoms with Crippen LogP contribution in [0.1, 0.15) is 28.4 Å². The number of ketones is 1. The number of carbonyl (C=O) groups is 1. The van der Waals surface area contributed by atoms with E-state index in [2.05, 4.69) is 11.1 Å². The van der Waals surface area contributed by atoms with Crippen LogP contribution in [0.25, 0.3) is 11.0 Å². The predicted molar refractivity (Wildman–Crippen MR) is 100 cm³/mol. The molecule has 1 unspecified atom stereocenters. The van der Waals surface area contributed by atoms with Crippen LogP contribution in [-0.4, -0.2) is 21.9 Å². The van der Waals surface area contributed by atoms with Crippen LogP contribution in [0.3, 0.4) is 0 Å². The maximum Gasteiger partial charge on any atom is 0.194 e. The molecule has 0 amide bonds. The number of rotatable bonds is 5.